The summed E-state index contributed by atoms with van der Waals surface area (Å²) >= 11 is 0. The highest BCUT2D eigenvalue weighted by Crippen LogP contribution is 2.39. The Kier molecular flexibility index (Phi) is 4.50. The SMILES string of the molecule is [2H]c1c([2H])c([2H])c(-c2nc(-c3ccc(-n4c5ccccc5c5cc6c7ccccc7n(-c7ccccc7)c6cc54)nc3)nc(-c3c([2H])c([2H])c([2H])c([2H])c3[2H])n2)c([2H])c1[2H]. The molecule has 0 aliphatic rings. The molecule has 234 valence electrons. The average molecular weight is 651 g/mol. The van der Waals surface area contributed by atoms with Gasteiger partial charge in [-0.3, -0.25) is 4.57 Å². The summed E-state index contributed by atoms with van der Waals surface area (Å²) < 4.78 is 88.2. The van der Waals surface area contributed by atoms with Crippen LogP contribution in [-0.2, 0) is 0 Å². The van der Waals surface area contributed by atoms with Crippen LogP contribution >= 0.6 is 0 Å². The molecule has 0 unspecified atom stereocenters. The molecule has 6 aromatic carbocycles. The zero-order valence-electron chi connectivity index (χ0n) is 36.1. The van der Waals surface area contributed by atoms with E-state index in [-0.39, 0.29) is 28.6 Å². The number of pyridine rings is 1. The van der Waals surface area contributed by atoms with Crippen LogP contribution in [-0.4, -0.2) is 29.1 Å². The highest BCUT2D eigenvalue weighted by atomic mass is 15.1. The fraction of sp³-hybridized carbons (Fsp3) is 0. The van der Waals surface area contributed by atoms with Crippen molar-refractivity contribution in [1.82, 2.24) is 29.1 Å². The van der Waals surface area contributed by atoms with E-state index in [0.717, 1.165) is 49.3 Å². The number of aromatic nitrogens is 6. The van der Waals surface area contributed by atoms with Gasteiger partial charge in [0.25, 0.3) is 0 Å². The summed E-state index contributed by atoms with van der Waals surface area (Å²) in [4.78, 5) is 18.4. The van der Waals surface area contributed by atoms with Gasteiger partial charge in [0, 0.05) is 50.1 Å². The average Bonchev–Trinajstić information content (AvgIpc) is 3.77. The summed E-state index contributed by atoms with van der Waals surface area (Å²) in [6.45, 7) is 0. The minimum Gasteiger partial charge on any atom is -0.309 e. The highest BCUT2D eigenvalue weighted by Gasteiger charge is 2.19. The molecule has 0 aliphatic heterocycles. The molecule has 10 rings (SSSR count). The predicted octanol–water partition coefficient (Wildman–Crippen LogP) is 10.5. The van der Waals surface area contributed by atoms with E-state index in [2.05, 4.69) is 66.6 Å². The van der Waals surface area contributed by atoms with Crippen molar-refractivity contribution in [3.63, 3.8) is 0 Å². The molecule has 4 heterocycles. The lowest BCUT2D eigenvalue weighted by Crippen LogP contribution is -2.01. The first-order chi connectivity index (χ1) is 28.9. The molecule has 4 aromatic heterocycles. The van der Waals surface area contributed by atoms with Crippen molar-refractivity contribution in [2.24, 2.45) is 0 Å². The Bertz CT molecular complexity index is 3290. The smallest absolute Gasteiger partial charge is 0.165 e. The summed E-state index contributed by atoms with van der Waals surface area (Å²) in [6.07, 6.45) is 1.53. The van der Waals surface area contributed by atoms with Gasteiger partial charge in [0.05, 0.1) is 35.8 Å². The lowest BCUT2D eigenvalue weighted by molar-refractivity contribution is 1.05. The summed E-state index contributed by atoms with van der Waals surface area (Å²) in [5, 5.41) is 4.29. The van der Waals surface area contributed by atoms with E-state index < -0.39 is 60.4 Å². The molecule has 50 heavy (non-hydrogen) atoms. The van der Waals surface area contributed by atoms with Gasteiger partial charge in [0.1, 0.15) is 5.82 Å². The molecule has 0 bridgehead atoms. The second-order valence-corrected chi connectivity index (χ2v) is 11.6. The van der Waals surface area contributed by atoms with Crippen LogP contribution < -0.4 is 0 Å². The zero-order chi connectivity index (χ0) is 41.7. The van der Waals surface area contributed by atoms with Gasteiger partial charge in [-0.1, -0.05) is 115 Å². The van der Waals surface area contributed by atoms with E-state index in [1.54, 1.807) is 12.1 Å². The van der Waals surface area contributed by atoms with Crippen molar-refractivity contribution < 1.29 is 13.7 Å². The molecule has 0 amide bonds. The van der Waals surface area contributed by atoms with Crippen LogP contribution in [0.4, 0.5) is 0 Å². The Morgan fingerprint density at radius 3 is 1.52 bits per heavy atom. The highest BCUT2D eigenvalue weighted by molar-refractivity contribution is 6.19. The normalized spacial score (nSPS) is 14.4. The van der Waals surface area contributed by atoms with Crippen LogP contribution in [0.5, 0.6) is 0 Å². The maximum absolute atomic E-state index is 8.64. The lowest BCUT2D eigenvalue weighted by atomic mass is 10.1. The van der Waals surface area contributed by atoms with Crippen LogP contribution in [0.25, 0.3) is 89.3 Å². The van der Waals surface area contributed by atoms with E-state index >= 15 is 0 Å². The van der Waals surface area contributed by atoms with Crippen molar-refractivity contribution in [3.8, 4) is 45.7 Å². The van der Waals surface area contributed by atoms with Gasteiger partial charge in [-0.25, -0.2) is 19.9 Å². The first kappa shape index (κ1) is 19.8. The zero-order valence-corrected chi connectivity index (χ0v) is 26.1. The van der Waals surface area contributed by atoms with Crippen LogP contribution in [0, 0.1) is 0 Å². The number of nitrogens with zero attached hydrogens (tertiary/aromatic N) is 6. The Labute approximate surface area is 301 Å². The van der Waals surface area contributed by atoms with E-state index in [0.29, 0.717) is 11.4 Å². The molecule has 0 aliphatic carbocycles. The lowest BCUT2D eigenvalue weighted by Gasteiger charge is -2.11. The van der Waals surface area contributed by atoms with Gasteiger partial charge >= 0.3 is 0 Å². The van der Waals surface area contributed by atoms with Gasteiger partial charge in [0.2, 0.25) is 0 Å². The number of hydrogen-bond acceptors (Lipinski definition) is 4. The van der Waals surface area contributed by atoms with Gasteiger partial charge in [-0.15, -0.1) is 0 Å². The first-order valence-electron chi connectivity index (χ1n) is 20.8. The number of benzene rings is 6. The fourth-order valence-corrected chi connectivity index (χ4v) is 6.64. The maximum Gasteiger partial charge on any atom is 0.165 e. The molecule has 0 fully saturated rings. The van der Waals surface area contributed by atoms with Gasteiger partial charge in [-0.05, 0) is 48.5 Å². The van der Waals surface area contributed by atoms with Crippen molar-refractivity contribution in [1.29, 1.82) is 0 Å². The minimum absolute atomic E-state index is 0.0658. The monoisotopic (exact) mass is 650 g/mol. The predicted molar refractivity (Wildman–Crippen MR) is 203 cm³/mol. The second kappa shape index (κ2) is 11.4. The number of fused-ring (bicyclic) bond motifs is 6. The molecule has 0 radical (unpaired) electrons. The van der Waals surface area contributed by atoms with Crippen molar-refractivity contribution in [2.75, 3.05) is 0 Å². The Morgan fingerprint density at radius 1 is 0.420 bits per heavy atom. The molecule has 6 nitrogen and oxygen atoms in total. The van der Waals surface area contributed by atoms with E-state index in [1.165, 1.54) is 6.20 Å². The van der Waals surface area contributed by atoms with Gasteiger partial charge in [0.15, 0.2) is 17.5 Å². The fourth-order valence-electron chi connectivity index (χ4n) is 6.64. The van der Waals surface area contributed by atoms with Crippen LogP contribution in [0.3, 0.4) is 0 Å². The summed E-state index contributed by atoms with van der Waals surface area (Å²) in [5.41, 5.74) is 4.60. The summed E-state index contributed by atoms with van der Waals surface area (Å²) in [7, 11) is 0. The first-order valence-corrected chi connectivity index (χ1v) is 15.8. The topological polar surface area (TPSA) is 61.4 Å². The van der Waals surface area contributed by atoms with Crippen molar-refractivity contribution >= 4 is 43.6 Å². The van der Waals surface area contributed by atoms with Gasteiger partial charge < -0.3 is 4.57 Å². The molecule has 0 N–H and O–H groups in total. The van der Waals surface area contributed by atoms with Crippen molar-refractivity contribution in [2.45, 2.75) is 0 Å². The third-order valence-corrected chi connectivity index (χ3v) is 8.80. The van der Waals surface area contributed by atoms with E-state index in [4.69, 9.17) is 18.7 Å². The third kappa shape index (κ3) is 4.50. The number of rotatable bonds is 5. The molecular weight excluding hydrogens is 613 g/mol. The number of hydrogen-bond donors (Lipinski definition) is 0. The maximum atomic E-state index is 8.64. The van der Waals surface area contributed by atoms with Crippen molar-refractivity contribution in [3.05, 3.63) is 170 Å². The summed E-state index contributed by atoms with van der Waals surface area (Å²) in [6, 6.07) is 28.5. The van der Waals surface area contributed by atoms with Crippen LogP contribution in [0.15, 0.2) is 170 Å². The Morgan fingerprint density at radius 2 is 0.940 bits per heavy atom. The third-order valence-electron chi connectivity index (χ3n) is 8.80. The molecule has 0 spiro atoms. The largest absolute Gasteiger partial charge is 0.309 e. The quantitative estimate of drug-likeness (QED) is 0.186. The second-order valence-electron chi connectivity index (χ2n) is 11.6. The van der Waals surface area contributed by atoms with Crippen LogP contribution in [0.1, 0.15) is 13.7 Å². The molecule has 0 saturated heterocycles. The summed E-state index contributed by atoms with van der Waals surface area (Å²) in [5.74, 6) is -0.187. The number of para-hydroxylation sites is 3. The van der Waals surface area contributed by atoms with E-state index in [9.17, 15) is 0 Å². The molecule has 0 saturated carbocycles. The Balaban J connectivity index is 1.19. The Hall–Kier alpha value is -6.92. The molecule has 0 atom stereocenters. The van der Waals surface area contributed by atoms with Crippen LogP contribution in [0.2, 0.25) is 0 Å². The molecule has 6 heteroatoms. The molecule has 10 aromatic rings. The van der Waals surface area contributed by atoms with E-state index in [1.807, 2.05) is 48.5 Å². The molecular formula is C44H28N6. The van der Waals surface area contributed by atoms with Gasteiger partial charge in [-0.2, -0.15) is 0 Å². The standard InChI is InChI=1S/C44H28N6/c1-4-14-29(15-5-1)42-46-43(30-16-6-2-7-17-30)48-44(47-42)31-24-25-41(45-28-31)50-38-23-13-11-21-34(38)36-26-35-33-20-10-12-22-37(33)49(39(35)27-40(36)50)32-18-8-3-9-19-32/h1-28H/i1D,2D,4D,5D,6D,7D,14D,15D,16D,17D. The minimum atomic E-state index is -0.615.